The summed E-state index contributed by atoms with van der Waals surface area (Å²) in [6.07, 6.45) is 3.80. The zero-order chi connectivity index (χ0) is 13.8. The quantitative estimate of drug-likeness (QED) is 0.860. The number of pyridine rings is 2. The molecule has 2 N–H and O–H groups in total. The lowest BCUT2D eigenvalue weighted by Gasteiger charge is -2.08. The van der Waals surface area contributed by atoms with Gasteiger partial charge in [-0.3, -0.25) is 4.98 Å². The number of aromatic carboxylic acids is 2. The zero-order valence-electron chi connectivity index (χ0n) is 9.48. The van der Waals surface area contributed by atoms with Crippen molar-refractivity contribution >= 4 is 11.9 Å². The summed E-state index contributed by atoms with van der Waals surface area (Å²) in [6, 6.07) is 4.08. The summed E-state index contributed by atoms with van der Waals surface area (Å²) < 4.78 is 5.25. The summed E-state index contributed by atoms with van der Waals surface area (Å²) >= 11 is 0. The molecule has 0 unspecified atom stereocenters. The predicted octanol–water partition coefficient (Wildman–Crippen LogP) is 1.67. The van der Waals surface area contributed by atoms with E-state index in [1.54, 1.807) is 0 Å². The molecule has 96 valence electrons. The Morgan fingerprint density at radius 2 is 1.79 bits per heavy atom. The molecule has 0 aliphatic heterocycles. The molecular weight excluding hydrogens is 252 g/mol. The molecule has 19 heavy (non-hydrogen) atoms. The topological polar surface area (TPSA) is 110 Å². The van der Waals surface area contributed by atoms with E-state index in [4.69, 9.17) is 14.9 Å². The SMILES string of the molecule is O=C(O)c1cnccc1Oc1ncccc1C(=O)O. The Morgan fingerprint density at radius 1 is 1.05 bits per heavy atom. The second-order valence-electron chi connectivity index (χ2n) is 3.44. The molecule has 0 saturated heterocycles. The van der Waals surface area contributed by atoms with E-state index in [0.717, 1.165) is 6.20 Å². The molecule has 2 rings (SSSR count). The normalized spacial score (nSPS) is 9.89. The van der Waals surface area contributed by atoms with Gasteiger partial charge in [-0.2, -0.15) is 0 Å². The third-order valence-corrected chi connectivity index (χ3v) is 2.22. The molecule has 0 aromatic carbocycles. The number of carboxylic acid groups (broad SMARTS) is 2. The van der Waals surface area contributed by atoms with Crippen molar-refractivity contribution in [2.45, 2.75) is 0 Å². The van der Waals surface area contributed by atoms with E-state index in [0.29, 0.717) is 0 Å². The lowest BCUT2D eigenvalue weighted by atomic mass is 10.2. The van der Waals surface area contributed by atoms with Gasteiger partial charge in [-0.15, -0.1) is 0 Å². The fourth-order valence-electron chi connectivity index (χ4n) is 1.37. The molecule has 7 nitrogen and oxygen atoms in total. The molecule has 2 heterocycles. The Balaban J connectivity index is 2.42. The minimum atomic E-state index is -1.23. The van der Waals surface area contributed by atoms with Crippen LogP contribution in [-0.4, -0.2) is 32.1 Å². The molecule has 0 fully saturated rings. The number of nitrogens with zero attached hydrogens (tertiary/aromatic N) is 2. The van der Waals surface area contributed by atoms with E-state index in [1.807, 2.05) is 0 Å². The number of hydrogen-bond donors (Lipinski definition) is 2. The van der Waals surface area contributed by atoms with Gasteiger partial charge in [0.25, 0.3) is 0 Å². The molecule has 7 heteroatoms. The summed E-state index contributed by atoms with van der Waals surface area (Å²) in [6.45, 7) is 0. The molecule has 0 spiro atoms. The van der Waals surface area contributed by atoms with Gasteiger partial charge in [-0.05, 0) is 12.1 Å². The maximum atomic E-state index is 11.0. The zero-order valence-corrected chi connectivity index (χ0v) is 9.48. The highest BCUT2D eigenvalue weighted by molar-refractivity contribution is 5.92. The summed E-state index contributed by atoms with van der Waals surface area (Å²) in [5.74, 6) is -2.64. The number of rotatable bonds is 4. The number of aromatic nitrogens is 2. The van der Waals surface area contributed by atoms with E-state index in [2.05, 4.69) is 9.97 Å². The van der Waals surface area contributed by atoms with Crippen LogP contribution in [0.4, 0.5) is 0 Å². The third kappa shape index (κ3) is 2.65. The standard InChI is InChI=1S/C12H8N2O5/c15-11(16)7-2-1-4-14-10(7)19-9-3-5-13-6-8(9)12(17)18/h1-6H,(H,15,16)(H,17,18). The molecule has 0 saturated carbocycles. The number of hydrogen-bond acceptors (Lipinski definition) is 5. The number of carboxylic acids is 2. The van der Waals surface area contributed by atoms with Crippen molar-refractivity contribution in [3.05, 3.63) is 47.9 Å². The van der Waals surface area contributed by atoms with Crippen molar-refractivity contribution in [1.82, 2.24) is 9.97 Å². The van der Waals surface area contributed by atoms with Crippen LogP contribution in [0.15, 0.2) is 36.8 Å². The van der Waals surface area contributed by atoms with Crippen LogP contribution in [0.1, 0.15) is 20.7 Å². The first kappa shape index (κ1) is 12.5. The Kier molecular flexibility index (Phi) is 3.37. The lowest BCUT2D eigenvalue weighted by Crippen LogP contribution is -2.05. The van der Waals surface area contributed by atoms with Crippen molar-refractivity contribution in [3.63, 3.8) is 0 Å². The second-order valence-corrected chi connectivity index (χ2v) is 3.44. The molecule has 0 amide bonds. The van der Waals surface area contributed by atoms with Crippen molar-refractivity contribution in [1.29, 1.82) is 0 Å². The van der Waals surface area contributed by atoms with Crippen LogP contribution >= 0.6 is 0 Å². The lowest BCUT2D eigenvalue weighted by molar-refractivity contribution is 0.0687. The van der Waals surface area contributed by atoms with Gasteiger partial charge in [0.2, 0.25) is 5.88 Å². The minimum absolute atomic E-state index is 0.0244. The van der Waals surface area contributed by atoms with E-state index < -0.39 is 11.9 Å². The molecule has 0 atom stereocenters. The van der Waals surface area contributed by atoms with E-state index in [-0.39, 0.29) is 22.8 Å². The monoisotopic (exact) mass is 260 g/mol. The van der Waals surface area contributed by atoms with Crippen LogP contribution in [0.2, 0.25) is 0 Å². The Hall–Kier alpha value is -2.96. The van der Waals surface area contributed by atoms with Gasteiger partial charge in [-0.1, -0.05) is 0 Å². The maximum Gasteiger partial charge on any atom is 0.341 e. The predicted molar refractivity (Wildman–Crippen MR) is 62.5 cm³/mol. The Morgan fingerprint density at radius 3 is 2.47 bits per heavy atom. The summed E-state index contributed by atoms with van der Waals surface area (Å²) in [5.41, 5.74) is -0.333. The molecule has 2 aromatic rings. The van der Waals surface area contributed by atoms with E-state index >= 15 is 0 Å². The molecular formula is C12H8N2O5. The first-order valence-corrected chi connectivity index (χ1v) is 5.13. The molecule has 2 aromatic heterocycles. The maximum absolute atomic E-state index is 11.0. The van der Waals surface area contributed by atoms with E-state index in [9.17, 15) is 9.59 Å². The summed E-state index contributed by atoms with van der Waals surface area (Å²) in [5, 5.41) is 17.9. The first-order chi connectivity index (χ1) is 9.09. The fourth-order valence-corrected chi connectivity index (χ4v) is 1.37. The van der Waals surface area contributed by atoms with Gasteiger partial charge in [0.1, 0.15) is 16.9 Å². The molecule has 0 aliphatic carbocycles. The van der Waals surface area contributed by atoms with Crippen molar-refractivity contribution < 1.29 is 24.5 Å². The van der Waals surface area contributed by atoms with Gasteiger partial charge in [0.15, 0.2) is 0 Å². The molecule has 0 bridgehead atoms. The smallest absolute Gasteiger partial charge is 0.341 e. The van der Waals surface area contributed by atoms with Gasteiger partial charge in [0.05, 0.1) is 0 Å². The van der Waals surface area contributed by atoms with Crippen LogP contribution in [-0.2, 0) is 0 Å². The van der Waals surface area contributed by atoms with Crippen LogP contribution in [0.25, 0.3) is 0 Å². The van der Waals surface area contributed by atoms with Crippen LogP contribution in [0.3, 0.4) is 0 Å². The van der Waals surface area contributed by atoms with Crippen LogP contribution in [0, 0.1) is 0 Å². The largest absolute Gasteiger partial charge is 0.477 e. The second kappa shape index (κ2) is 5.13. The minimum Gasteiger partial charge on any atom is -0.477 e. The summed E-state index contributed by atoms with van der Waals surface area (Å²) in [7, 11) is 0. The highest BCUT2D eigenvalue weighted by Gasteiger charge is 2.16. The van der Waals surface area contributed by atoms with Crippen molar-refractivity contribution in [2.75, 3.05) is 0 Å². The molecule has 0 aliphatic rings. The van der Waals surface area contributed by atoms with Crippen molar-refractivity contribution in [2.24, 2.45) is 0 Å². The average molecular weight is 260 g/mol. The van der Waals surface area contributed by atoms with Crippen LogP contribution in [0.5, 0.6) is 11.6 Å². The van der Waals surface area contributed by atoms with Crippen LogP contribution < -0.4 is 4.74 Å². The van der Waals surface area contributed by atoms with Gasteiger partial charge < -0.3 is 14.9 Å². The average Bonchev–Trinajstić information content (AvgIpc) is 2.39. The third-order valence-electron chi connectivity index (χ3n) is 2.22. The van der Waals surface area contributed by atoms with E-state index in [1.165, 1.54) is 30.6 Å². The summed E-state index contributed by atoms with van der Waals surface area (Å²) in [4.78, 5) is 29.4. The fraction of sp³-hybridized carbons (Fsp3) is 0. The Labute approximate surface area is 107 Å². The van der Waals surface area contributed by atoms with Gasteiger partial charge in [0, 0.05) is 24.7 Å². The Bertz CT molecular complexity index is 586. The highest BCUT2D eigenvalue weighted by Crippen LogP contribution is 2.25. The first-order valence-electron chi connectivity index (χ1n) is 5.13. The van der Waals surface area contributed by atoms with Crippen molar-refractivity contribution in [3.8, 4) is 11.6 Å². The van der Waals surface area contributed by atoms with Gasteiger partial charge >= 0.3 is 11.9 Å². The molecule has 0 radical (unpaired) electrons. The van der Waals surface area contributed by atoms with Gasteiger partial charge in [-0.25, -0.2) is 14.6 Å². The highest BCUT2D eigenvalue weighted by atomic mass is 16.5. The number of carbonyl (C=O) groups is 2. The number of ether oxygens (including phenoxy) is 1.